The summed E-state index contributed by atoms with van der Waals surface area (Å²) in [5.41, 5.74) is -2.19. The Morgan fingerprint density at radius 2 is 2.23 bits per heavy atom. The molecule has 0 aromatic carbocycles. The molecule has 2 fully saturated rings. The van der Waals surface area contributed by atoms with Gasteiger partial charge in [0.05, 0.1) is 0 Å². The van der Waals surface area contributed by atoms with E-state index in [1.54, 1.807) is 4.57 Å². The Labute approximate surface area is 130 Å². The van der Waals surface area contributed by atoms with Crippen LogP contribution in [0.4, 0.5) is 8.78 Å². The highest BCUT2D eigenvalue weighted by atomic mass is 32.1. The number of aliphatic hydroxyl groups is 1. The van der Waals surface area contributed by atoms with Crippen LogP contribution < -0.4 is 5.32 Å². The smallest absolute Gasteiger partial charge is 0.352 e. The van der Waals surface area contributed by atoms with Gasteiger partial charge in [-0.2, -0.15) is 13.9 Å². The van der Waals surface area contributed by atoms with Crippen molar-refractivity contribution < 1.29 is 18.7 Å². The van der Waals surface area contributed by atoms with E-state index in [1.807, 2.05) is 0 Å². The summed E-state index contributed by atoms with van der Waals surface area (Å²) in [6, 6.07) is 0. The molecule has 3 N–H and O–H groups in total. The highest BCUT2D eigenvalue weighted by molar-refractivity contribution is 7.71. The largest absolute Gasteiger partial charge is 0.383 e. The fourth-order valence-electron chi connectivity index (χ4n) is 2.63. The number of H-pyrrole nitrogens is 1. The molecule has 2 saturated carbocycles. The number of nitrogens with zero attached hydrogens (tertiary/aromatic N) is 2. The predicted octanol–water partition coefficient (Wildman–Crippen LogP) is 1.48. The van der Waals surface area contributed by atoms with Gasteiger partial charge < -0.3 is 15.0 Å². The summed E-state index contributed by atoms with van der Waals surface area (Å²) >= 11 is 5.10. The van der Waals surface area contributed by atoms with Crippen LogP contribution in [0.1, 0.15) is 43.8 Å². The Morgan fingerprint density at radius 1 is 1.55 bits per heavy atom. The summed E-state index contributed by atoms with van der Waals surface area (Å²) in [5.74, 6) is -4.02. The Morgan fingerprint density at radius 3 is 2.77 bits per heavy atom. The Kier molecular flexibility index (Phi) is 3.80. The highest BCUT2D eigenvalue weighted by Crippen LogP contribution is 2.44. The van der Waals surface area contributed by atoms with Crippen LogP contribution in [0.2, 0.25) is 0 Å². The maximum absolute atomic E-state index is 13.9. The number of carbonyl (C=O) groups excluding carboxylic acids is 1. The number of rotatable bonds is 6. The minimum atomic E-state index is -3.76. The van der Waals surface area contributed by atoms with E-state index < -0.39 is 17.4 Å². The summed E-state index contributed by atoms with van der Waals surface area (Å²) in [6.07, 6.45) is 2.49. The highest BCUT2D eigenvalue weighted by Gasteiger charge is 2.61. The van der Waals surface area contributed by atoms with Crippen molar-refractivity contribution in [1.82, 2.24) is 20.1 Å². The first-order valence-corrected chi connectivity index (χ1v) is 7.79. The summed E-state index contributed by atoms with van der Waals surface area (Å²) in [4.78, 5) is 11.7. The molecule has 1 heterocycles. The lowest BCUT2D eigenvalue weighted by molar-refractivity contribution is -0.215. The molecule has 6 nitrogen and oxygen atoms in total. The molecule has 0 unspecified atom stereocenters. The second kappa shape index (κ2) is 5.38. The van der Waals surface area contributed by atoms with E-state index in [0.29, 0.717) is 17.1 Å². The first-order chi connectivity index (χ1) is 10.3. The third kappa shape index (κ3) is 2.56. The number of carbonyl (C=O) groups is 1. The van der Waals surface area contributed by atoms with Gasteiger partial charge in [0.15, 0.2) is 4.77 Å². The van der Waals surface area contributed by atoms with Crippen LogP contribution >= 0.6 is 12.2 Å². The molecule has 3 rings (SSSR count). The SMILES string of the molecule is O=C(NCCn1c(C2CC2)n[nH]c1=S)C(F)(F)C1(O)CCC1. The lowest BCUT2D eigenvalue weighted by Crippen LogP contribution is -2.60. The molecule has 1 amide bonds. The van der Waals surface area contributed by atoms with E-state index >= 15 is 0 Å². The molecule has 2 aliphatic rings. The average molecular weight is 332 g/mol. The minimum Gasteiger partial charge on any atom is -0.383 e. The maximum atomic E-state index is 13.9. The fraction of sp³-hybridized carbons (Fsp3) is 0.769. The summed E-state index contributed by atoms with van der Waals surface area (Å²) in [7, 11) is 0. The zero-order valence-electron chi connectivity index (χ0n) is 11.9. The Hall–Kier alpha value is -1.35. The molecule has 122 valence electrons. The van der Waals surface area contributed by atoms with Crippen molar-refractivity contribution in [3.05, 3.63) is 10.6 Å². The van der Waals surface area contributed by atoms with E-state index in [9.17, 15) is 18.7 Å². The number of hydrogen-bond acceptors (Lipinski definition) is 4. The summed E-state index contributed by atoms with van der Waals surface area (Å²) < 4.78 is 29.9. The monoisotopic (exact) mass is 332 g/mol. The van der Waals surface area contributed by atoms with Gasteiger partial charge in [-0.25, -0.2) is 0 Å². The zero-order valence-corrected chi connectivity index (χ0v) is 12.8. The van der Waals surface area contributed by atoms with E-state index in [4.69, 9.17) is 12.2 Å². The zero-order chi connectivity index (χ0) is 16.0. The molecule has 22 heavy (non-hydrogen) atoms. The van der Waals surface area contributed by atoms with Gasteiger partial charge in [0.1, 0.15) is 11.4 Å². The van der Waals surface area contributed by atoms with Crippen molar-refractivity contribution in [2.24, 2.45) is 0 Å². The van der Waals surface area contributed by atoms with Gasteiger partial charge in [0.2, 0.25) is 0 Å². The van der Waals surface area contributed by atoms with E-state index in [2.05, 4.69) is 15.5 Å². The number of hydrogen-bond donors (Lipinski definition) is 3. The van der Waals surface area contributed by atoms with Crippen molar-refractivity contribution in [2.75, 3.05) is 6.54 Å². The van der Waals surface area contributed by atoms with Crippen LogP contribution in [0.3, 0.4) is 0 Å². The van der Waals surface area contributed by atoms with Gasteiger partial charge >= 0.3 is 5.92 Å². The van der Waals surface area contributed by atoms with Gasteiger partial charge in [-0.3, -0.25) is 9.89 Å². The molecular weight excluding hydrogens is 314 g/mol. The van der Waals surface area contributed by atoms with Crippen LogP contribution in [0.5, 0.6) is 0 Å². The first kappa shape index (κ1) is 15.5. The first-order valence-electron chi connectivity index (χ1n) is 7.39. The number of alkyl halides is 2. The van der Waals surface area contributed by atoms with E-state index in [0.717, 1.165) is 18.7 Å². The van der Waals surface area contributed by atoms with E-state index in [-0.39, 0.29) is 25.9 Å². The number of amides is 1. The van der Waals surface area contributed by atoms with Gasteiger partial charge in [-0.15, -0.1) is 0 Å². The Bertz CT molecular complexity index is 634. The minimum absolute atomic E-state index is 0.0120. The average Bonchev–Trinajstić information content (AvgIpc) is 3.21. The maximum Gasteiger partial charge on any atom is 0.352 e. The normalized spacial score (nSPS) is 20.5. The standard InChI is InChI=1S/C13H18F2N4O2S/c14-13(15,12(21)4-1-5-12)10(20)16-6-7-19-9(8-2-3-8)17-18-11(19)22/h8,21H,1-7H2,(H,16,20)(H,18,22). The van der Waals surface area contributed by atoms with Gasteiger partial charge in [-0.1, -0.05) is 0 Å². The number of nitrogens with one attached hydrogen (secondary N) is 2. The molecule has 1 aromatic heterocycles. The molecule has 9 heteroatoms. The second-order valence-corrected chi connectivity index (χ2v) is 6.42. The molecule has 0 bridgehead atoms. The molecular formula is C13H18F2N4O2S. The second-order valence-electron chi connectivity index (χ2n) is 6.03. The van der Waals surface area contributed by atoms with Crippen molar-refractivity contribution in [2.45, 2.75) is 56.1 Å². The van der Waals surface area contributed by atoms with Crippen molar-refractivity contribution >= 4 is 18.1 Å². The van der Waals surface area contributed by atoms with Gasteiger partial charge in [0.25, 0.3) is 5.91 Å². The van der Waals surface area contributed by atoms with E-state index in [1.165, 1.54) is 0 Å². The predicted molar refractivity (Wildman–Crippen MR) is 76.1 cm³/mol. The van der Waals surface area contributed by atoms with Crippen molar-refractivity contribution in [1.29, 1.82) is 0 Å². The van der Waals surface area contributed by atoms with Crippen LogP contribution in [0.15, 0.2) is 0 Å². The molecule has 2 aliphatic carbocycles. The lowest BCUT2D eigenvalue weighted by atomic mass is 9.75. The molecule has 0 atom stereocenters. The molecule has 0 aliphatic heterocycles. The quantitative estimate of drug-likeness (QED) is 0.689. The molecule has 0 saturated heterocycles. The van der Waals surface area contributed by atoms with Crippen molar-refractivity contribution in [3.63, 3.8) is 0 Å². The topological polar surface area (TPSA) is 82.9 Å². The molecule has 1 aromatic rings. The fourth-order valence-corrected chi connectivity index (χ4v) is 2.86. The third-order valence-electron chi connectivity index (χ3n) is 4.40. The van der Waals surface area contributed by atoms with Crippen molar-refractivity contribution in [3.8, 4) is 0 Å². The molecule has 0 spiro atoms. The van der Waals surface area contributed by atoms with Crippen LogP contribution in [0, 0.1) is 4.77 Å². The summed E-state index contributed by atoms with van der Waals surface area (Å²) in [5, 5.41) is 18.7. The molecule has 0 radical (unpaired) electrons. The number of halogens is 2. The Balaban J connectivity index is 1.58. The van der Waals surface area contributed by atoms with Crippen LogP contribution in [0.25, 0.3) is 0 Å². The van der Waals surface area contributed by atoms with Crippen LogP contribution in [-0.2, 0) is 11.3 Å². The van der Waals surface area contributed by atoms with Gasteiger partial charge in [-0.05, 0) is 44.3 Å². The third-order valence-corrected chi connectivity index (χ3v) is 4.71. The summed E-state index contributed by atoms with van der Waals surface area (Å²) in [6.45, 7) is 0.291. The van der Waals surface area contributed by atoms with Gasteiger partial charge in [0, 0.05) is 19.0 Å². The number of aromatic amines is 1. The lowest BCUT2D eigenvalue weighted by Gasteiger charge is -2.41. The number of aromatic nitrogens is 3. The van der Waals surface area contributed by atoms with Crippen LogP contribution in [-0.4, -0.2) is 43.8 Å².